The van der Waals surface area contributed by atoms with Gasteiger partial charge in [0.25, 0.3) is 0 Å². The van der Waals surface area contributed by atoms with Gasteiger partial charge in [0.2, 0.25) is 0 Å². The molecule has 0 unspecified atom stereocenters. The molecule has 2 fully saturated rings. The van der Waals surface area contributed by atoms with Crippen LogP contribution in [-0.2, 0) is 0 Å². The van der Waals surface area contributed by atoms with Crippen LogP contribution in [0.3, 0.4) is 0 Å². The van der Waals surface area contributed by atoms with E-state index in [4.69, 9.17) is 10.1 Å². The smallest absolute Gasteiger partial charge is 0.158 e. The number of hydrogen-bond donors (Lipinski definition) is 0. The molecule has 0 saturated carbocycles. The van der Waals surface area contributed by atoms with Gasteiger partial charge in [-0.3, -0.25) is 0 Å². The van der Waals surface area contributed by atoms with Gasteiger partial charge >= 0.3 is 0 Å². The van der Waals surface area contributed by atoms with Gasteiger partial charge in [-0.1, -0.05) is 30.3 Å². The van der Waals surface area contributed by atoms with Crippen LogP contribution >= 0.6 is 0 Å². The maximum absolute atomic E-state index is 4.86. The monoisotopic (exact) mass is 347 g/mol. The van der Waals surface area contributed by atoms with Crippen molar-refractivity contribution in [3.8, 4) is 11.3 Å². The number of fused-ring (bicyclic) bond motifs is 1. The Balaban J connectivity index is 1.58. The minimum atomic E-state index is 0.444. The van der Waals surface area contributed by atoms with Crippen LogP contribution in [0, 0.1) is 12.3 Å². The summed E-state index contributed by atoms with van der Waals surface area (Å²) in [7, 11) is 2.24. The van der Waals surface area contributed by atoms with Crippen molar-refractivity contribution in [2.24, 2.45) is 5.41 Å². The van der Waals surface area contributed by atoms with Crippen molar-refractivity contribution in [1.29, 1.82) is 0 Å². The van der Waals surface area contributed by atoms with Gasteiger partial charge in [0.05, 0.1) is 11.4 Å². The molecule has 5 nitrogen and oxygen atoms in total. The number of aromatic nitrogens is 3. The van der Waals surface area contributed by atoms with Crippen molar-refractivity contribution < 1.29 is 0 Å². The SMILES string of the molecule is Cc1cc2nc(-c3ccccc3)cc(N3CC[C@]4(CCN(C)C4)C3)n2n1. The Morgan fingerprint density at radius 2 is 1.81 bits per heavy atom. The molecule has 2 aliphatic rings. The van der Waals surface area contributed by atoms with Gasteiger partial charge in [0.1, 0.15) is 5.82 Å². The summed E-state index contributed by atoms with van der Waals surface area (Å²) >= 11 is 0. The Morgan fingerprint density at radius 3 is 2.58 bits per heavy atom. The second-order valence-corrected chi connectivity index (χ2v) is 8.08. The normalized spacial score (nSPS) is 23.5. The van der Waals surface area contributed by atoms with Gasteiger partial charge in [0, 0.05) is 42.7 Å². The van der Waals surface area contributed by atoms with E-state index in [2.05, 4.69) is 53.2 Å². The molecule has 2 saturated heterocycles. The van der Waals surface area contributed by atoms with Crippen LogP contribution in [0.2, 0.25) is 0 Å². The van der Waals surface area contributed by atoms with Crippen LogP contribution in [0.4, 0.5) is 5.82 Å². The van der Waals surface area contributed by atoms with Gasteiger partial charge in [-0.05, 0) is 33.4 Å². The van der Waals surface area contributed by atoms with Crippen LogP contribution in [-0.4, -0.2) is 52.7 Å². The zero-order valence-electron chi connectivity index (χ0n) is 15.5. The number of hydrogen-bond acceptors (Lipinski definition) is 4. The topological polar surface area (TPSA) is 36.7 Å². The standard InChI is InChI=1S/C21H25N5/c1-16-12-19-22-18(17-6-4-3-5-7-17)13-20(26(19)23-16)25-11-9-21(15-25)8-10-24(2)14-21/h3-7,12-13H,8-11,14-15H2,1-2H3/t21-/m0/s1. The second kappa shape index (κ2) is 5.81. The van der Waals surface area contributed by atoms with Gasteiger partial charge in [-0.25, -0.2) is 4.98 Å². The average molecular weight is 347 g/mol. The maximum Gasteiger partial charge on any atom is 0.158 e. The van der Waals surface area contributed by atoms with Crippen LogP contribution in [0.5, 0.6) is 0 Å². The van der Waals surface area contributed by atoms with Crippen molar-refractivity contribution in [2.75, 3.05) is 38.1 Å². The summed E-state index contributed by atoms with van der Waals surface area (Å²) < 4.78 is 2.03. The summed E-state index contributed by atoms with van der Waals surface area (Å²) in [6, 6.07) is 14.7. The van der Waals surface area contributed by atoms with Crippen molar-refractivity contribution >= 4 is 11.5 Å². The largest absolute Gasteiger partial charge is 0.356 e. The molecule has 4 heterocycles. The molecule has 1 atom stereocenters. The zero-order chi connectivity index (χ0) is 17.7. The number of nitrogens with zero attached hydrogens (tertiary/aromatic N) is 5. The summed E-state index contributed by atoms with van der Waals surface area (Å²) in [5.41, 5.74) is 4.57. The first kappa shape index (κ1) is 15.8. The number of anilines is 1. The van der Waals surface area contributed by atoms with Crippen LogP contribution in [0.15, 0.2) is 42.5 Å². The van der Waals surface area contributed by atoms with E-state index in [1.54, 1.807) is 0 Å². The quantitative estimate of drug-likeness (QED) is 0.713. The lowest BCUT2D eigenvalue weighted by molar-refractivity contribution is 0.312. The maximum atomic E-state index is 4.86. The van der Waals surface area contributed by atoms with Crippen molar-refractivity contribution in [2.45, 2.75) is 19.8 Å². The molecule has 0 amide bonds. The molecule has 5 rings (SSSR count). The molecule has 0 N–H and O–H groups in total. The molecule has 1 spiro atoms. The van der Waals surface area contributed by atoms with Crippen molar-refractivity contribution in [3.05, 3.63) is 48.2 Å². The Kier molecular flexibility index (Phi) is 3.54. The van der Waals surface area contributed by atoms with E-state index in [1.807, 2.05) is 17.5 Å². The third-order valence-electron chi connectivity index (χ3n) is 5.99. The lowest BCUT2D eigenvalue weighted by Gasteiger charge is -2.25. The molecule has 1 aromatic carbocycles. The van der Waals surface area contributed by atoms with E-state index < -0.39 is 0 Å². The highest BCUT2D eigenvalue weighted by molar-refractivity contribution is 5.67. The lowest BCUT2D eigenvalue weighted by Crippen LogP contribution is -2.30. The van der Waals surface area contributed by atoms with E-state index in [0.29, 0.717) is 5.41 Å². The Bertz CT molecular complexity index is 948. The van der Waals surface area contributed by atoms with Crippen LogP contribution in [0.25, 0.3) is 16.9 Å². The molecule has 2 aromatic heterocycles. The highest BCUT2D eigenvalue weighted by atomic mass is 15.4. The molecular weight excluding hydrogens is 322 g/mol. The second-order valence-electron chi connectivity index (χ2n) is 8.08. The fraction of sp³-hybridized carbons (Fsp3) is 0.429. The van der Waals surface area contributed by atoms with Crippen molar-refractivity contribution in [1.82, 2.24) is 19.5 Å². The lowest BCUT2D eigenvalue weighted by atomic mass is 9.86. The van der Waals surface area contributed by atoms with E-state index in [-0.39, 0.29) is 0 Å². The molecule has 0 bridgehead atoms. The molecule has 0 aliphatic carbocycles. The van der Waals surface area contributed by atoms with E-state index in [0.717, 1.165) is 35.7 Å². The van der Waals surface area contributed by atoms with E-state index in [1.165, 1.54) is 31.7 Å². The molecule has 3 aromatic rings. The Hall–Kier alpha value is -2.40. The predicted molar refractivity (Wildman–Crippen MR) is 105 cm³/mol. The summed E-state index contributed by atoms with van der Waals surface area (Å²) in [5, 5.41) is 4.72. The first-order valence-corrected chi connectivity index (χ1v) is 9.48. The first-order chi connectivity index (χ1) is 12.6. The number of likely N-dealkylation sites (tertiary alicyclic amines) is 1. The summed E-state index contributed by atoms with van der Waals surface area (Å²) in [6.45, 7) is 6.68. The third kappa shape index (κ3) is 2.58. The zero-order valence-corrected chi connectivity index (χ0v) is 15.5. The summed E-state index contributed by atoms with van der Waals surface area (Å²) in [5.74, 6) is 1.17. The number of benzene rings is 1. The van der Waals surface area contributed by atoms with Gasteiger partial charge in [-0.2, -0.15) is 9.61 Å². The highest BCUT2D eigenvalue weighted by Gasteiger charge is 2.43. The van der Waals surface area contributed by atoms with Crippen LogP contribution < -0.4 is 4.90 Å². The number of aryl methyl sites for hydroxylation is 1. The Labute approximate surface area is 154 Å². The first-order valence-electron chi connectivity index (χ1n) is 9.48. The van der Waals surface area contributed by atoms with Gasteiger partial charge in [-0.15, -0.1) is 0 Å². The fourth-order valence-corrected chi connectivity index (χ4v) is 4.68. The predicted octanol–water partition coefficient (Wildman–Crippen LogP) is 3.24. The summed E-state index contributed by atoms with van der Waals surface area (Å²) in [6.07, 6.45) is 2.57. The molecule has 26 heavy (non-hydrogen) atoms. The Morgan fingerprint density at radius 1 is 1.00 bits per heavy atom. The number of rotatable bonds is 2. The molecule has 134 valence electrons. The molecule has 5 heteroatoms. The highest BCUT2D eigenvalue weighted by Crippen LogP contribution is 2.41. The molecule has 0 radical (unpaired) electrons. The minimum Gasteiger partial charge on any atom is -0.356 e. The average Bonchev–Trinajstić information content (AvgIpc) is 3.33. The fourth-order valence-electron chi connectivity index (χ4n) is 4.68. The van der Waals surface area contributed by atoms with Crippen LogP contribution in [0.1, 0.15) is 18.5 Å². The summed E-state index contributed by atoms with van der Waals surface area (Å²) in [4.78, 5) is 9.86. The van der Waals surface area contributed by atoms with Gasteiger partial charge < -0.3 is 9.80 Å². The molecule has 2 aliphatic heterocycles. The van der Waals surface area contributed by atoms with E-state index >= 15 is 0 Å². The van der Waals surface area contributed by atoms with E-state index in [9.17, 15) is 0 Å². The third-order valence-corrected chi connectivity index (χ3v) is 5.99. The van der Waals surface area contributed by atoms with Crippen molar-refractivity contribution in [3.63, 3.8) is 0 Å². The minimum absolute atomic E-state index is 0.444. The molecular formula is C21H25N5. The van der Waals surface area contributed by atoms with Gasteiger partial charge in [0.15, 0.2) is 5.65 Å².